The summed E-state index contributed by atoms with van der Waals surface area (Å²) < 4.78 is 10.9. The summed E-state index contributed by atoms with van der Waals surface area (Å²) in [4.78, 5) is 12.1. The van der Waals surface area contributed by atoms with Crippen LogP contribution in [0.15, 0.2) is 18.2 Å². The molecule has 8 heteroatoms. The number of ether oxygens (including phenoxy) is 2. The van der Waals surface area contributed by atoms with Crippen LogP contribution in [-0.4, -0.2) is 45.9 Å². The highest BCUT2D eigenvalue weighted by molar-refractivity contribution is 6.42. The van der Waals surface area contributed by atoms with Gasteiger partial charge in [-0.2, -0.15) is 0 Å². The molecule has 5 nitrogen and oxygen atoms in total. The molecule has 2 N–H and O–H groups in total. The molecule has 0 aliphatic carbocycles. The molecule has 0 bridgehead atoms. The SMILES string of the molecule is COCC1(CNC(=O)CCOc2cccc(Cl)c2Cl)CCNCC1.Cl. The molecule has 1 aliphatic rings. The predicted octanol–water partition coefficient (Wildman–Crippen LogP) is 3.32. The van der Waals surface area contributed by atoms with Gasteiger partial charge in [-0.1, -0.05) is 29.3 Å². The fourth-order valence-electron chi connectivity index (χ4n) is 2.86. The quantitative estimate of drug-likeness (QED) is 0.689. The smallest absolute Gasteiger partial charge is 0.223 e. The summed E-state index contributed by atoms with van der Waals surface area (Å²) in [5.41, 5.74) is 0.0206. The van der Waals surface area contributed by atoms with Gasteiger partial charge in [-0.25, -0.2) is 0 Å². The second kappa shape index (κ2) is 11.1. The number of amides is 1. The van der Waals surface area contributed by atoms with Crippen LogP contribution in [0.4, 0.5) is 0 Å². The number of hydrogen-bond acceptors (Lipinski definition) is 4. The molecule has 1 aromatic rings. The molecule has 0 spiro atoms. The van der Waals surface area contributed by atoms with Crippen LogP contribution in [-0.2, 0) is 9.53 Å². The number of carbonyl (C=O) groups is 1. The summed E-state index contributed by atoms with van der Waals surface area (Å²) in [5.74, 6) is 0.452. The highest BCUT2D eigenvalue weighted by atomic mass is 35.5. The van der Waals surface area contributed by atoms with Gasteiger partial charge < -0.3 is 20.1 Å². The third-order valence-electron chi connectivity index (χ3n) is 4.28. The van der Waals surface area contributed by atoms with E-state index in [0.29, 0.717) is 28.9 Å². The van der Waals surface area contributed by atoms with Gasteiger partial charge in [0.25, 0.3) is 0 Å². The number of halogens is 3. The van der Waals surface area contributed by atoms with Crippen molar-refractivity contribution in [1.82, 2.24) is 10.6 Å². The fourth-order valence-corrected chi connectivity index (χ4v) is 3.21. The van der Waals surface area contributed by atoms with Gasteiger partial charge in [0.15, 0.2) is 0 Å². The number of benzene rings is 1. The Morgan fingerprint density at radius 3 is 2.72 bits per heavy atom. The Labute approximate surface area is 165 Å². The Hall–Kier alpha value is -0.720. The fraction of sp³-hybridized carbons (Fsp3) is 0.588. The molecular formula is C17H25Cl3N2O3. The van der Waals surface area contributed by atoms with E-state index in [1.807, 2.05) is 0 Å². The Kier molecular flexibility index (Phi) is 9.90. The molecule has 1 saturated heterocycles. The standard InChI is InChI=1S/C17H24Cl2N2O3.ClH/c1-23-12-17(6-8-20-9-7-17)11-21-15(22)5-10-24-14-4-2-3-13(18)16(14)19;/h2-4,20H,5-12H2,1H3,(H,21,22);1H. The number of nitrogens with one attached hydrogen (secondary N) is 2. The molecule has 1 aromatic carbocycles. The molecule has 25 heavy (non-hydrogen) atoms. The van der Waals surface area contributed by atoms with Gasteiger partial charge in [-0.3, -0.25) is 4.79 Å². The lowest BCUT2D eigenvalue weighted by molar-refractivity contribution is -0.122. The number of methoxy groups -OCH3 is 1. The Morgan fingerprint density at radius 1 is 1.32 bits per heavy atom. The lowest BCUT2D eigenvalue weighted by atomic mass is 9.79. The number of piperidine rings is 1. The van der Waals surface area contributed by atoms with Crippen molar-refractivity contribution in [2.24, 2.45) is 5.41 Å². The van der Waals surface area contributed by atoms with Crippen molar-refractivity contribution in [2.45, 2.75) is 19.3 Å². The van der Waals surface area contributed by atoms with Crippen LogP contribution in [0.2, 0.25) is 10.0 Å². The van der Waals surface area contributed by atoms with Crippen LogP contribution in [0.5, 0.6) is 5.75 Å². The molecule has 1 amide bonds. The van der Waals surface area contributed by atoms with Crippen molar-refractivity contribution in [3.05, 3.63) is 28.2 Å². The first-order valence-electron chi connectivity index (χ1n) is 8.09. The summed E-state index contributed by atoms with van der Waals surface area (Å²) in [5, 5.41) is 7.15. The Morgan fingerprint density at radius 2 is 2.04 bits per heavy atom. The van der Waals surface area contributed by atoms with E-state index in [0.717, 1.165) is 25.9 Å². The first kappa shape index (κ1) is 22.3. The molecule has 2 rings (SSSR count). The minimum Gasteiger partial charge on any atom is -0.491 e. The molecule has 0 radical (unpaired) electrons. The van der Waals surface area contributed by atoms with Crippen LogP contribution in [0.25, 0.3) is 0 Å². The molecule has 1 fully saturated rings. The van der Waals surface area contributed by atoms with Crippen molar-refractivity contribution >= 4 is 41.5 Å². The molecule has 0 atom stereocenters. The van der Waals surface area contributed by atoms with Gasteiger partial charge in [-0.15, -0.1) is 12.4 Å². The largest absolute Gasteiger partial charge is 0.491 e. The van der Waals surface area contributed by atoms with Crippen molar-refractivity contribution in [2.75, 3.05) is 40.0 Å². The van der Waals surface area contributed by atoms with Crippen molar-refractivity contribution in [3.63, 3.8) is 0 Å². The maximum atomic E-state index is 12.1. The minimum absolute atomic E-state index is 0. The van der Waals surface area contributed by atoms with Gasteiger partial charge >= 0.3 is 0 Å². The molecular weight excluding hydrogens is 387 g/mol. The Balaban J connectivity index is 0.00000312. The van der Waals surface area contributed by atoms with Crippen molar-refractivity contribution in [3.8, 4) is 5.75 Å². The summed E-state index contributed by atoms with van der Waals surface area (Å²) >= 11 is 12.0. The van der Waals surface area contributed by atoms with E-state index in [-0.39, 0.29) is 36.8 Å². The topological polar surface area (TPSA) is 59.6 Å². The molecule has 0 aromatic heterocycles. The van der Waals surface area contributed by atoms with E-state index < -0.39 is 0 Å². The van der Waals surface area contributed by atoms with E-state index in [1.54, 1.807) is 25.3 Å². The third-order valence-corrected chi connectivity index (χ3v) is 5.08. The second-order valence-corrected chi connectivity index (χ2v) is 6.90. The zero-order chi connectivity index (χ0) is 17.4. The van der Waals surface area contributed by atoms with Gasteiger partial charge in [-0.05, 0) is 38.1 Å². The first-order chi connectivity index (χ1) is 11.6. The zero-order valence-corrected chi connectivity index (χ0v) is 16.6. The molecule has 1 aliphatic heterocycles. The lowest BCUT2D eigenvalue weighted by Crippen LogP contribution is -2.47. The van der Waals surface area contributed by atoms with Gasteiger partial charge in [0.2, 0.25) is 5.91 Å². The van der Waals surface area contributed by atoms with Crippen LogP contribution < -0.4 is 15.4 Å². The number of rotatable bonds is 8. The summed E-state index contributed by atoms with van der Waals surface area (Å²) in [6.45, 7) is 3.44. The maximum Gasteiger partial charge on any atom is 0.223 e. The molecule has 1 heterocycles. The van der Waals surface area contributed by atoms with E-state index in [4.69, 9.17) is 32.7 Å². The van der Waals surface area contributed by atoms with Crippen LogP contribution >= 0.6 is 35.6 Å². The van der Waals surface area contributed by atoms with Crippen molar-refractivity contribution in [1.29, 1.82) is 0 Å². The summed E-state index contributed by atoms with van der Waals surface area (Å²) in [6, 6.07) is 5.18. The zero-order valence-electron chi connectivity index (χ0n) is 14.3. The number of carbonyl (C=O) groups excluding carboxylic acids is 1. The van der Waals surface area contributed by atoms with Crippen LogP contribution in [0.1, 0.15) is 19.3 Å². The van der Waals surface area contributed by atoms with Gasteiger partial charge in [0.1, 0.15) is 10.8 Å². The average Bonchev–Trinajstić information content (AvgIpc) is 2.58. The summed E-state index contributed by atoms with van der Waals surface area (Å²) in [6.07, 6.45) is 2.26. The normalized spacial score (nSPS) is 16.0. The predicted molar refractivity (Wildman–Crippen MR) is 103 cm³/mol. The second-order valence-electron chi connectivity index (χ2n) is 6.11. The van der Waals surface area contributed by atoms with Gasteiger partial charge in [0, 0.05) is 19.1 Å². The molecule has 0 unspecified atom stereocenters. The molecule has 142 valence electrons. The van der Waals surface area contributed by atoms with E-state index in [1.165, 1.54) is 0 Å². The first-order valence-corrected chi connectivity index (χ1v) is 8.85. The molecule has 0 saturated carbocycles. The van der Waals surface area contributed by atoms with Gasteiger partial charge in [0.05, 0.1) is 24.7 Å². The average molecular weight is 412 g/mol. The monoisotopic (exact) mass is 410 g/mol. The third kappa shape index (κ3) is 6.83. The maximum absolute atomic E-state index is 12.1. The summed E-state index contributed by atoms with van der Waals surface area (Å²) in [7, 11) is 1.70. The minimum atomic E-state index is -0.0397. The van der Waals surface area contributed by atoms with Crippen LogP contribution in [0, 0.1) is 5.41 Å². The Bertz CT molecular complexity index is 546. The van der Waals surface area contributed by atoms with Crippen molar-refractivity contribution < 1.29 is 14.3 Å². The van der Waals surface area contributed by atoms with E-state index in [9.17, 15) is 4.79 Å². The van der Waals surface area contributed by atoms with E-state index >= 15 is 0 Å². The lowest BCUT2D eigenvalue weighted by Gasteiger charge is -2.37. The highest BCUT2D eigenvalue weighted by Gasteiger charge is 2.32. The van der Waals surface area contributed by atoms with E-state index in [2.05, 4.69) is 10.6 Å². The number of hydrogen-bond donors (Lipinski definition) is 2. The van der Waals surface area contributed by atoms with Crippen LogP contribution in [0.3, 0.4) is 0 Å². The highest BCUT2D eigenvalue weighted by Crippen LogP contribution is 2.31.